The molecule has 78 valence electrons. The van der Waals surface area contributed by atoms with Gasteiger partial charge in [0.1, 0.15) is 12.4 Å². The lowest BCUT2D eigenvalue weighted by Gasteiger charge is -2.04. The van der Waals surface area contributed by atoms with E-state index in [1.165, 1.54) is 6.08 Å². The van der Waals surface area contributed by atoms with Crippen LogP contribution in [0.5, 0.6) is 0 Å². The topological polar surface area (TPSA) is 9.23 Å². The summed E-state index contributed by atoms with van der Waals surface area (Å²) in [5.74, 6) is 0.318. The second-order valence-corrected chi connectivity index (χ2v) is 2.96. The summed E-state index contributed by atoms with van der Waals surface area (Å²) in [6.45, 7) is 9.57. The van der Waals surface area contributed by atoms with Crippen LogP contribution in [-0.2, 0) is 4.74 Å². The maximum absolute atomic E-state index is 12.6. The number of rotatable bonds is 5. The van der Waals surface area contributed by atoms with Crippen LogP contribution >= 0.6 is 0 Å². The van der Waals surface area contributed by atoms with Gasteiger partial charge in [-0.05, 0) is 44.6 Å². The van der Waals surface area contributed by atoms with Crippen molar-refractivity contribution >= 4 is 0 Å². The van der Waals surface area contributed by atoms with E-state index in [-0.39, 0.29) is 5.83 Å². The highest BCUT2D eigenvalue weighted by Crippen LogP contribution is 2.03. The molecule has 0 aliphatic carbocycles. The van der Waals surface area contributed by atoms with Gasteiger partial charge in [0.2, 0.25) is 0 Å². The van der Waals surface area contributed by atoms with E-state index in [1.54, 1.807) is 13.0 Å². The molecule has 0 spiro atoms. The maximum Gasteiger partial charge on any atom is 0.122 e. The molecule has 0 aliphatic rings. The van der Waals surface area contributed by atoms with E-state index in [0.717, 1.165) is 11.6 Å². The molecule has 14 heavy (non-hydrogen) atoms. The fraction of sp³-hybridized carbons (Fsp3) is 0.333. The van der Waals surface area contributed by atoms with Crippen molar-refractivity contribution in [3.63, 3.8) is 0 Å². The Kier molecular flexibility index (Phi) is 6.46. The Balaban J connectivity index is 4.08. The summed E-state index contributed by atoms with van der Waals surface area (Å²) in [4.78, 5) is 0. The van der Waals surface area contributed by atoms with Crippen molar-refractivity contribution in [3.8, 4) is 0 Å². The molecule has 2 heteroatoms. The average molecular weight is 196 g/mol. The molecule has 0 saturated heterocycles. The summed E-state index contributed by atoms with van der Waals surface area (Å²) in [5.41, 5.74) is 1.14. The summed E-state index contributed by atoms with van der Waals surface area (Å²) in [7, 11) is 0. The molecule has 0 aromatic carbocycles. The third kappa shape index (κ3) is 6.23. The quantitative estimate of drug-likeness (QED) is 0.368. The van der Waals surface area contributed by atoms with Gasteiger partial charge >= 0.3 is 0 Å². The van der Waals surface area contributed by atoms with Crippen LogP contribution in [0.3, 0.4) is 0 Å². The van der Waals surface area contributed by atoms with E-state index in [4.69, 9.17) is 4.74 Å². The van der Waals surface area contributed by atoms with Gasteiger partial charge in [-0.15, -0.1) is 0 Å². The number of hydrogen-bond acceptors (Lipinski definition) is 1. The molecule has 0 radical (unpaired) electrons. The van der Waals surface area contributed by atoms with E-state index in [1.807, 2.05) is 19.9 Å². The minimum absolute atomic E-state index is 0.365. The predicted octanol–water partition coefficient (Wildman–Crippen LogP) is 3.91. The van der Waals surface area contributed by atoms with Gasteiger partial charge in [0.15, 0.2) is 0 Å². The summed E-state index contributed by atoms with van der Waals surface area (Å²) < 4.78 is 17.9. The van der Waals surface area contributed by atoms with Gasteiger partial charge in [-0.25, -0.2) is 4.39 Å². The predicted molar refractivity (Wildman–Crippen MR) is 58.5 cm³/mol. The summed E-state index contributed by atoms with van der Waals surface area (Å²) in [6, 6.07) is 0. The second kappa shape index (κ2) is 7.13. The molecule has 1 nitrogen and oxygen atoms in total. The lowest BCUT2D eigenvalue weighted by atomic mass is 10.3. The molecule has 0 fully saturated rings. The van der Waals surface area contributed by atoms with Gasteiger partial charge in [-0.1, -0.05) is 12.7 Å². The number of halogens is 1. The first kappa shape index (κ1) is 12.7. The molecule has 0 rings (SSSR count). The Bertz CT molecular complexity index is 272. The van der Waals surface area contributed by atoms with Gasteiger partial charge in [0, 0.05) is 0 Å². The maximum atomic E-state index is 12.6. The zero-order valence-electron chi connectivity index (χ0n) is 9.01. The Hall–Kier alpha value is -1.31. The highest BCUT2D eigenvalue weighted by atomic mass is 19.1. The molecule has 0 aromatic rings. The van der Waals surface area contributed by atoms with Crippen molar-refractivity contribution in [2.24, 2.45) is 0 Å². The van der Waals surface area contributed by atoms with E-state index in [0.29, 0.717) is 12.4 Å². The Morgan fingerprint density at radius 1 is 1.36 bits per heavy atom. The third-order valence-corrected chi connectivity index (χ3v) is 1.69. The molecule has 0 saturated carbocycles. The highest BCUT2D eigenvalue weighted by Gasteiger charge is 1.90. The largest absolute Gasteiger partial charge is 0.494 e. The standard InChI is InChI=1S/C12H17FO/c1-5-10(3)9-14-11(4)7-8-12(13)6-2/h5-8H,2,9H2,1,3-4H3/b10-5+,11-7+,12-8+. The molecule has 0 amide bonds. The summed E-state index contributed by atoms with van der Waals surface area (Å²) in [6.07, 6.45) is 6.04. The minimum atomic E-state index is -0.365. The lowest BCUT2D eigenvalue weighted by Crippen LogP contribution is -1.92. The van der Waals surface area contributed by atoms with Crippen LogP contribution in [-0.4, -0.2) is 6.61 Å². The normalized spacial score (nSPS) is 14.1. The van der Waals surface area contributed by atoms with Gasteiger partial charge in [0.25, 0.3) is 0 Å². The molecule has 0 atom stereocenters. The first-order valence-electron chi connectivity index (χ1n) is 4.51. The van der Waals surface area contributed by atoms with Crippen LogP contribution in [0.1, 0.15) is 20.8 Å². The smallest absolute Gasteiger partial charge is 0.122 e. The number of allylic oxidation sites excluding steroid dienone is 6. The molecular weight excluding hydrogens is 179 g/mol. The van der Waals surface area contributed by atoms with Gasteiger partial charge in [-0.2, -0.15) is 0 Å². The van der Waals surface area contributed by atoms with Crippen LogP contribution in [0.15, 0.2) is 48.0 Å². The second-order valence-electron chi connectivity index (χ2n) is 2.96. The van der Waals surface area contributed by atoms with Crippen molar-refractivity contribution in [2.45, 2.75) is 20.8 Å². The highest BCUT2D eigenvalue weighted by molar-refractivity contribution is 5.17. The van der Waals surface area contributed by atoms with E-state index >= 15 is 0 Å². The van der Waals surface area contributed by atoms with Crippen LogP contribution in [0.25, 0.3) is 0 Å². The molecular formula is C12H17FO. The molecule has 0 N–H and O–H groups in total. The van der Waals surface area contributed by atoms with Crippen molar-refractivity contribution in [1.82, 2.24) is 0 Å². The van der Waals surface area contributed by atoms with Crippen molar-refractivity contribution < 1.29 is 9.13 Å². The average Bonchev–Trinajstić information content (AvgIpc) is 2.22. The van der Waals surface area contributed by atoms with Gasteiger partial charge < -0.3 is 4.74 Å². The monoisotopic (exact) mass is 196 g/mol. The Morgan fingerprint density at radius 2 is 2.00 bits per heavy atom. The van der Waals surface area contributed by atoms with E-state index < -0.39 is 0 Å². The molecule has 0 aromatic heterocycles. The first-order valence-corrected chi connectivity index (χ1v) is 4.51. The third-order valence-electron chi connectivity index (χ3n) is 1.69. The summed E-state index contributed by atoms with van der Waals surface area (Å²) >= 11 is 0. The Labute approximate surface area is 85.3 Å². The van der Waals surface area contributed by atoms with Crippen molar-refractivity contribution in [3.05, 3.63) is 48.0 Å². The van der Waals surface area contributed by atoms with Gasteiger partial charge in [-0.3, -0.25) is 0 Å². The van der Waals surface area contributed by atoms with Gasteiger partial charge in [0.05, 0.1) is 5.76 Å². The lowest BCUT2D eigenvalue weighted by molar-refractivity contribution is 0.241. The number of ether oxygens (including phenoxy) is 1. The summed E-state index contributed by atoms with van der Waals surface area (Å²) in [5, 5.41) is 0. The van der Waals surface area contributed by atoms with Crippen LogP contribution in [0, 0.1) is 0 Å². The van der Waals surface area contributed by atoms with Crippen LogP contribution in [0.4, 0.5) is 4.39 Å². The van der Waals surface area contributed by atoms with Crippen molar-refractivity contribution in [1.29, 1.82) is 0 Å². The first-order chi connectivity index (χ1) is 6.60. The zero-order valence-corrected chi connectivity index (χ0v) is 9.01. The van der Waals surface area contributed by atoms with E-state index in [9.17, 15) is 4.39 Å². The molecule has 0 unspecified atom stereocenters. The molecule has 0 bridgehead atoms. The Morgan fingerprint density at radius 3 is 2.50 bits per heavy atom. The van der Waals surface area contributed by atoms with Crippen LogP contribution in [0.2, 0.25) is 0 Å². The van der Waals surface area contributed by atoms with Crippen molar-refractivity contribution in [2.75, 3.05) is 6.61 Å². The minimum Gasteiger partial charge on any atom is -0.494 e. The zero-order chi connectivity index (χ0) is 11.0. The molecule has 0 aliphatic heterocycles. The van der Waals surface area contributed by atoms with Crippen LogP contribution < -0.4 is 0 Å². The van der Waals surface area contributed by atoms with E-state index in [2.05, 4.69) is 6.58 Å². The SMILES string of the molecule is C=C/C(F)=C\C=C(/C)OC/C(C)=C/C. The fourth-order valence-electron chi connectivity index (χ4n) is 0.624. The number of hydrogen-bond donors (Lipinski definition) is 0. The fourth-order valence-corrected chi connectivity index (χ4v) is 0.624. The molecule has 0 heterocycles.